The summed E-state index contributed by atoms with van der Waals surface area (Å²) in [7, 11) is 0. The van der Waals surface area contributed by atoms with E-state index in [0.29, 0.717) is 89.9 Å². The van der Waals surface area contributed by atoms with Gasteiger partial charge in [-0.05, 0) is 33.4 Å². The first-order chi connectivity index (χ1) is 22.1. The van der Waals surface area contributed by atoms with Crippen molar-refractivity contribution >= 4 is 5.69 Å². The molecule has 0 radical (unpaired) electrons. The molecule has 0 unspecified atom stereocenters. The normalized spacial score (nSPS) is 16.5. The van der Waals surface area contributed by atoms with Gasteiger partial charge in [-0.25, -0.2) is 0 Å². The van der Waals surface area contributed by atoms with E-state index < -0.39 is 0 Å². The summed E-state index contributed by atoms with van der Waals surface area (Å²) < 4.78 is 37.4. The van der Waals surface area contributed by atoms with Crippen LogP contribution in [-0.2, 0) is 35.2 Å². The number of non-ortho nitro benzene ring substituents is 1. The molecule has 232 valence electrons. The standard InChI is InChI=1S/C36H35NO8/c38-37(39)32-22-30-20-28-8-2-6-26-18-24-4-1-5-25(33(24)42-14-10-40-11-15-43-34(26)28)19-27-7-3-9-29-21-31(23-32)36(30)45-17-13-41-12-16-44-35(27)29/h1-9,22-23H,10-21H2. The second kappa shape index (κ2) is 13.2. The van der Waals surface area contributed by atoms with Gasteiger partial charge in [0, 0.05) is 48.9 Å². The molecule has 0 N–H and O–H groups in total. The summed E-state index contributed by atoms with van der Waals surface area (Å²) in [6.45, 7) is 3.10. The molecule has 2 heterocycles. The van der Waals surface area contributed by atoms with Gasteiger partial charge in [0.2, 0.25) is 0 Å². The predicted molar refractivity (Wildman–Crippen MR) is 167 cm³/mol. The van der Waals surface area contributed by atoms with Gasteiger partial charge in [0.15, 0.2) is 0 Å². The first kappa shape index (κ1) is 29.1. The summed E-state index contributed by atoms with van der Waals surface area (Å²) in [6, 6.07) is 21.7. The SMILES string of the molecule is O=[N+]([O-])c1cc2c3c(c1)Cc1cccc(c1OCCOCCO3)Cc1cccc3c1OCCOCCOc1c(cccc1C2)C3. The Morgan fingerprint density at radius 3 is 1.04 bits per heavy atom. The summed E-state index contributed by atoms with van der Waals surface area (Å²) in [5, 5.41) is 12.2. The van der Waals surface area contributed by atoms with Gasteiger partial charge < -0.3 is 28.4 Å². The molecule has 2 aliphatic heterocycles. The van der Waals surface area contributed by atoms with Crippen LogP contribution in [0.1, 0.15) is 44.5 Å². The molecule has 12 bridgehead atoms. The van der Waals surface area contributed by atoms with Gasteiger partial charge in [0.1, 0.15) is 49.4 Å². The molecule has 0 spiro atoms. The molecule has 0 amide bonds. The number of para-hydroxylation sites is 3. The Balaban J connectivity index is 1.50. The topological polar surface area (TPSA) is 98.5 Å². The van der Waals surface area contributed by atoms with E-state index in [9.17, 15) is 10.1 Å². The number of nitro benzene ring substituents is 1. The van der Waals surface area contributed by atoms with Crippen molar-refractivity contribution in [2.24, 2.45) is 0 Å². The summed E-state index contributed by atoms with van der Waals surface area (Å²) >= 11 is 0. The molecule has 4 aromatic rings. The lowest BCUT2D eigenvalue weighted by Crippen LogP contribution is -2.17. The number of nitrogens with zero attached hydrogens (tertiary/aromatic N) is 1. The summed E-state index contributed by atoms with van der Waals surface area (Å²) in [4.78, 5) is 11.9. The van der Waals surface area contributed by atoms with Crippen LogP contribution in [0.2, 0.25) is 0 Å². The van der Waals surface area contributed by atoms with Crippen LogP contribution in [0, 0.1) is 10.1 Å². The second-order valence-electron chi connectivity index (χ2n) is 11.4. The third-order valence-corrected chi connectivity index (χ3v) is 8.39. The molecular weight excluding hydrogens is 574 g/mol. The largest absolute Gasteiger partial charge is 0.491 e. The molecule has 0 saturated carbocycles. The number of ether oxygens (including phenoxy) is 6. The number of rotatable bonds is 1. The van der Waals surface area contributed by atoms with E-state index in [-0.39, 0.29) is 10.6 Å². The summed E-state index contributed by atoms with van der Waals surface area (Å²) in [6.07, 6.45) is 1.94. The molecule has 45 heavy (non-hydrogen) atoms. The Labute approximate surface area is 261 Å². The van der Waals surface area contributed by atoms with Crippen molar-refractivity contribution < 1.29 is 33.3 Å². The van der Waals surface area contributed by atoms with Gasteiger partial charge in [-0.15, -0.1) is 0 Å². The maximum absolute atomic E-state index is 12.2. The highest BCUT2D eigenvalue weighted by atomic mass is 16.6. The minimum absolute atomic E-state index is 0.0152. The highest BCUT2D eigenvalue weighted by molar-refractivity contribution is 5.58. The van der Waals surface area contributed by atoms with Gasteiger partial charge in [0.05, 0.1) is 31.4 Å². The van der Waals surface area contributed by atoms with Gasteiger partial charge in [0.25, 0.3) is 5.69 Å². The Hall–Kier alpha value is -4.60. The molecule has 4 aromatic carbocycles. The Kier molecular flexibility index (Phi) is 8.53. The van der Waals surface area contributed by atoms with Crippen molar-refractivity contribution in [3.8, 4) is 23.0 Å². The Morgan fingerprint density at radius 1 is 0.444 bits per heavy atom. The zero-order valence-electron chi connectivity index (χ0n) is 25.0. The van der Waals surface area contributed by atoms with Crippen molar-refractivity contribution in [2.45, 2.75) is 25.7 Å². The van der Waals surface area contributed by atoms with Crippen LogP contribution in [0.25, 0.3) is 0 Å². The van der Waals surface area contributed by atoms with Crippen LogP contribution in [-0.4, -0.2) is 57.8 Å². The third-order valence-electron chi connectivity index (χ3n) is 8.39. The van der Waals surface area contributed by atoms with Gasteiger partial charge in [-0.3, -0.25) is 10.1 Å². The first-order valence-electron chi connectivity index (χ1n) is 15.4. The van der Waals surface area contributed by atoms with E-state index in [4.69, 9.17) is 28.4 Å². The molecule has 9 heteroatoms. The lowest BCUT2D eigenvalue weighted by Gasteiger charge is -2.24. The fourth-order valence-electron chi connectivity index (χ4n) is 6.43. The smallest absolute Gasteiger partial charge is 0.270 e. The maximum atomic E-state index is 12.2. The Bertz CT molecular complexity index is 1710. The quantitative estimate of drug-likeness (QED) is 0.173. The molecule has 0 aromatic heterocycles. The molecule has 1 aliphatic carbocycles. The predicted octanol–water partition coefficient (Wildman–Crippen LogP) is 5.85. The van der Waals surface area contributed by atoms with E-state index in [1.54, 1.807) is 12.1 Å². The van der Waals surface area contributed by atoms with Gasteiger partial charge in [-0.2, -0.15) is 0 Å². The van der Waals surface area contributed by atoms with Crippen LogP contribution < -0.4 is 18.9 Å². The van der Waals surface area contributed by atoms with Crippen LogP contribution in [0.4, 0.5) is 5.69 Å². The van der Waals surface area contributed by atoms with Gasteiger partial charge in [-0.1, -0.05) is 54.6 Å². The number of hydrogen-bond acceptors (Lipinski definition) is 8. The second-order valence-corrected chi connectivity index (χ2v) is 11.4. The highest BCUT2D eigenvalue weighted by Gasteiger charge is 2.24. The minimum atomic E-state index is -0.340. The number of nitro groups is 1. The Morgan fingerprint density at radius 2 is 0.733 bits per heavy atom. The van der Waals surface area contributed by atoms with Crippen molar-refractivity contribution in [1.29, 1.82) is 0 Å². The van der Waals surface area contributed by atoms with E-state index in [0.717, 1.165) is 56.2 Å². The van der Waals surface area contributed by atoms with Crippen molar-refractivity contribution in [3.63, 3.8) is 0 Å². The monoisotopic (exact) mass is 609 g/mol. The lowest BCUT2D eigenvalue weighted by atomic mass is 9.91. The zero-order chi connectivity index (χ0) is 30.6. The highest BCUT2D eigenvalue weighted by Crippen LogP contribution is 2.40. The molecule has 7 rings (SSSR count). The molecule has 3 aliphatic rings. The molecule has 0 saturated heterocycles. The molecule has 0 atom stereocenters. The lowest BCUT2D eigenvalue weighted by molar-refractivity contribution is -0.385. The van der Waals surface area contributed by atoms with E-state index >= 15 is 0 Å². The first-order valence-corrected chi connectivity index (χ1v) is 15.4. The minimum Gasteiger partial charge on any atom is -0.491 e. The average Bonchev–Trinajstić information content (AvgIpc) is 3.02. The average molecular weight is 610 g/mol. The molecule has 0 fully saturated rings. The van der Waals surface area contributed by atoms with Crippen molar-refractivity contribution in [1.82, 2.24) is 0 Å². The van der Waals surface area contributed by atoms with Crippen LogP contribution in [0.15, 0.2) is 66.7 Å². The fraction of sp³-hybridized carbons (Fsp3) is 0.333. The van der Waals surface area contributed by atoms with Crippen molar-refractivity contribution in [3.05, 3.63) is 121 Å². The number of hydrogen-bond donors (Lipinski definition) is 0. The third kappa shape index (κ3) is 6.32. The van der Waals surface area contributed by atoms with E-state index in [1.807, 2.05) is 24.3 Å². The van der Waals surface area contributed by atoms with Crippen LogP contribution in [0.3, 0.4) is 0 Å². The summed E-state index contributed by atoms with van der Waals surface area (Å²) in [5.41, 5.74) is 7.37. The summed E-state index contributed by atoms with van der Waals surface area (Å²) in [5.74, 6) is 2.98. The molecular formula is C36H35NO8. The van der Waals surface area contributed by atoms with Crippen LogP contribution >= 0.6 is 0 Å². The van der Waals surface area contributed by atoms with Crippen LogP contribution in [0.5, 0.6) is 23.0 Å². The zero-order valence-corrected chi connectivity index (χ0v) is 25.0. The number of benzene rings is 4. The van der Waals surface area contributed by atoms with E-state index in [2.05, 4.69) is 30.3 Å². The maximum Gasteiger partial charge on any atom is 0.270 e. The van der Waals surface area contributed by atoms with E-state index in [1.165, 1.54) is 0 Å². The molecule has 9 nitrogen and oxygen atoms in total. The fourth-order valence-corrected chi connectivity index (χ4v) is 6.43. The van der Waals surface area contributed by atoms with Gasteiger partial charge >= 0.3 is 0 Å². The van der Waals surface area contributed by atoms with Crippen molar-refractivity contribution in [2.75, 3.05) is 52.9 Å².